The lowest BCUT2D eigenvalue weighted by Gasteiger charge is -2.18. The highest BCUT2D eigenvalue weighted by atomic mass is 16.7. The van der Waals surface area contributed by atoms with Crippen molar-refractivity contribution >= 4 is 34.7 Å². The lowest BCUT2D eigenvalue weighted by molar-refractivity contribution is -0.197. The van der Waals surface area contributed by atoms with Gasteiger partial charge < -0.3 is 20.1 Å². The highest BCUT2D eigenvalue weighted by molar-refractivity contribution is 6.04. The van der Waals surface area contributed by atoms with Gasteiger partial charge in [0.15, 0.2) is 5.43 Å². The molecule has 2 aromatic rings. The Morgan fingerprint density at radius 3 is 2.40 bits per heavy atom. The zero-order valence-corrected chi connectivity index (χ0v) is 21.5. The van der Waals surface area contributed by atoms with E-state index >= 15 is 0 Å². The van der Waals surface area contributed by atoms with Gasteiger partial charge in [-0.1, -0.05) is 12.5 Å². The quantitative estimate of drug-likeness (QED) is 0.182. The zero-order chi connectivity index (χ0) is 28.4. The molecular weight excluding hydrogens is 516 g/mol. The fraction of sp³-hybridized carbons (Fsp3) is 0.233. The van der Waals surface area contributed by atoms with Crippen LogP contribution >= 0.6 is 0 Å². The SMILES string of the molecule is NC(=O)c1ccc(-c2c3ccc(=O)cc-3oc3cc(O)ccc23)c(CCCCCC(=O)ON2C(=O)CCC2=O)c1. The van der Waals surface area contributed by atoms with Crippen LogP contribution in [-0.2, 0) is 25.6 Å². The molecule has 3 aliphatic rings. The summed E-state index contributed by atoms with van der Waals surface area (Å²) in [6.45, 7) is 0. The molecule has 1 aliphatic carbocycles. The molecule has 2 aromatic carbocycles. The number of benzene rings is 3. The molecule has 0 atom stereocenters. The Morgan fingerprint density at radius 1 is 0.900 bits per heavy atom. The van der Waals surface area contributed by atoms with Crippen LogP contribution in [0.4, 0.5) is 0 Å². The second-order valence-electron chi connectivity index (χ2n) is 9.66. The van der Waals surface area contributed by atoms with Crippen molar-refractivity contribution in [3.63, 3.8) is 0 Å². The summed E-state index contributed by atoms with van der Waals surface area (Å²) in [6, 6.07) is 14.5. The van der Waals surface area contributed by atoms with E-state index in [9.17, 15) is 29.1 Å². The number of aromatic hydroxyl groups is 1. The molecular formula is C30H26N2O8. The van der Waals surface area contributed by atoms with Gasteiger partial charge in [-0.15, -0.1) is 5.06 Å². The number of unbranched alkanes of at least 4 members (excludes halogenated alkanes) is 2. The summed E-state index contributed by atoms with van der Waals surface area (Å²) < 4.78 is 5.94. The number of hydroxylamine groups is 2. The topological polar surface area (TPSA) is 157 Å². The van der Waals surface area contributed by atoms with Crippen LogP contribution in [-0.4, -0.2) is 33.9 Å². The van der Waals surface area contributed by atoms with Crippen LogP contribution in [0.1, 0.15) is 54.4 Å². The lowest BCUT2D eigenvalue weighted by Crippen LogP contribution is -2.31. The van der Waals surface area contributed by atoms with Gasteiger partial charge in [-0.05, 0) is 66.8 Å². The van der Waals surface area contributed by atoms with Crippen molar-refractivity contribution < 1.29 is 33.5 Å². The first-order valence-corrected chi connectivity index (χ1v) is 12.9. The van der Waals surface area contributed by atoms with E-state index in [1.807, 2.05) is 6.07 Å². The van der Waals surface area contributed by atoms with E-state index in [1.54, 1.807) is 30.3 Å². The Kier molecular flexibility index (Phi) is 7.33. The van der Waals surface area contributed by atoms with Crippen LogP contribution < -0.4 is 11.2 Å². The number of fused-ring (bicyclic) bond motifs is 2. The van der Waals surface area contributed by atoms with Crippen molar-refractivity contribution in [1.82, 2.24) is 5.06 Å². The van der Waals surface area contributed by atoms with Crippen molar-refractivity contribution in [3.8, 4) is 28.2 Å². The maximum absolute atomic E-state index is 12.1. The van der Waals surface area contributed by atoms with E-state index in [4.69, 9.17) is 15.0 Å². The molecule has 40 heavy (non-hydrogen) atoms. The minimum Gasteiger partial charge on any atom is -0.508 e. The van der Waals surface area contributed by atoms with Crippen molar-refractivity contribution in [2.75, 3.05) is 0 Å². The number of phenolic OH excluding ortho intramolecular Hbond substituents is 1. The fourth-order valence-electron chi connectivity index (χ4n) is 4.91. The van der Waals surface area contributed by atoms with E-state index in [-0.39, 0.29) is 30.4 Å². The summed E-state index contributed by atoms with van der Waals surface area (Å²) in [7, 11) is 0. The van der Waals surface area contributed by atoms with Crippen LogP contribution in [0, 0.1) is 0 Å². The molecule has 10 nitrogen and oxygen atoms in total. The van der Waals surface area contributed by atoms with Gasteiger partial charge in [0, 0.05) is 53.5 Å². The Balaban J connectivity index is 1.40. The molecule has 3 N–H and O–H groups in total. The van der Waals surface area contributed by atoms with Crippen LogP contribution in [0.15, 0.2) is 63.8 Å². The van der Waals surface area contributed by atoms with E-state index in [0.717, 1.165) is 16.7 Å². The number of nitrogens with two attached hydrogens (primary N) is 1. The van der Waals surface area contributed by atoms with E-state index in [0.29, 0.717) is 58.6 Å². The molecule has 0 radical (unpaired) electrons. The number of carbonyl (C=O) groups is 4. The summed E-state index contributed by atoms with van der Waals surface area (Å²) in [4.78, 5) is 64.3. The number of primary amides is 1. The minimum atomic E-state index is -0.646. The largest absolute Gasteiger partial charge is 0.508 e. The fourth-order valence-corrected chi connectivity index (χ4v) is 4.91. The third-order valence-electron chi connectivity index (χ3n) is 6.86. The Labute approximate surface area is 228 Å². The third kappa shape index (κ3) is 5.42. The predicted molar refractivity (Wildman–Crippen MR) is 144 cm³/mol. The van der Waals surface area contributed by atoms with Crippen molar-refractivity contribution in [2.24, 2.45) is 5.73 Å². The summed E-state index contributed by atoms with van der Waals surface area (Å²) in [5.41, 5.74) is 9.20. The van der Waals surface area contributed by atoms with Gasteiger partial charge in [-0.3, -0.25) is 19.2 Å². The lowest BCUT2D eigenvalue weighted by atomic mass is 9.88. The monoisotopic (exact) mass is 542 g/mol. The van der Waals surface area contributed by atoms with Crippen molar-refractivity contribution in [3.05, 3.63) is 75.9 Å². The Bertz CT molecular complexity index is 1670. The van der Waals surface area contributed by atoms with E-state index < -0.39 is 23.7 Å². The maximum atomic E-state index is 12.1. The van der Waals surface area contributed by atoms with Crippen LogP contribution in [0.25, 0.3) is 33.4 Å². The smallest absolute Gasteiger partial charge is 0.333 e. The molecule has 204 valence electrons. The number of hydrogen-bond acceptors (Lipinski definition) is 8. The number of rotatable bonds is 9. The standard InChI is InChI=1S/C30H26N2O8/c31-30(38)18-6-9-21(17(14-18)4-2-1-3-5-28(37)40-32-26(35)12-13-27(32)36)29-22-10-7-19(33)15-24(22)39-25-16-20(34)8-11-23(25)29/h6-11,14-16,33H,1-5,12-13H2,(H2,31,38). The van der Waals surface area contributed by atoms with Gasteiger partial charge >= 0.3 is 5.97 Å². The highest BCUT2D eigenvalue weighted by Gasteiger charge is 2.32. The number of amides is 3. The zero-order valence-electron chi connectivity index (χ0n) is 21.5. The molecule has 2 aliphatic heterocycles. The number of nitrogens with zero attached hydrogens (tertiary/aromatic N) is 1. The summed E-state index contributed by atoms with van der Waals surface area (Å²) >= 11 is 0. The Hall–Kier alpha value is -4.99. The normalized spacial score (nSPS) is 13.3. The van der Waals surface area contributed by atoms with Gasteiger partial charge in [0.05, 0.1) is 0 Å². The summed E-state index contributed by atoms with van der Waals surface area (Å²) in [5, 5.41) is 11.3. The molecule has 0 bridgehead atoms. The number of hydrogen-bond donors (Lipinski definition) is 2. The number of carbonyl (C=O) groups excluding carboxylic acids is 4. The number of aryl methyl sites for hydroxylation is 1. The minimum absolute atomic E-state index is 0.0149. The molecule has 0 aromatic heterocycles. The molecule has 2 heterocycles. The van der Waals surface area contributed by atoms with Crippen molar-refractivity contribution in [1.29, 1.82) is 0 Å². The third-order valence-corrected chi connectivity index (χ3v) is 6.86. The number of phenols is 1. The molecule has 1 fully saturated rings. The van der Waals surface area contributed by atoms with E-state index in [2.05, 4.69) is 0 Å². The summed E-state index contributed by atoms with van der Waals surface area (Å²) in [6.07, 6.45) is 2.43. The second kappa shape index (κ2) is 11.0. The molecule has 5 rings (SSSR count). The second-order valence-corrected chi connectivity index (χ2v) is 9.66. The molecule has 10 heteroatoms. The van der Waals surface area contributed by atoms with E-state index in [1.165, 1.54) is 18.2 Å². The van der Waals surface area contributed by atoms with Crippen molar-refractivity contribution in [2.45, 2.75) is 44.9 Å². The van der Waals surface area contributed by atoms with Gasteiger partial charge in [0.2, 0.25) is 5.91 Å². The first kappa shape index (κ1) is 26.6. The molecule has 0 unspecified atom stereocenters. The predicted octanol–water partition coefficient (Wildman–Crippen LogP) is 4.08. The van der Waals surface area contributed by atoms with Gasteiger partial charge in [0.25, 0.3) is 11.8 Å². The molecule has 0 saturated carbocycles. The average molecular weight is 543 g/mol. The Morgan fingerprint density at radius 2 is 1.65 bits per heavy atom. The average Bonchev–Trinajstić information content (AvgIpc) is 3.23. The highest BCUT2D eigenvalue weighted by Crippen LogP contribution is 2.42. The van der Waals surface area contributed by atoms with Gasteiger partial charge in [-0.2, -0.15) is 0 Å². The number of imide groups is 1. The molecule has 0 spiro atoms. The summed E-state index contributed by atoms with van der Waals surface area (Å²) in [5.74, 6) is -1.88. The first-order chi connectivity index (χ1) is 19.2. The van der Waals surface area contributed by atoms with Crippen LogP contribution in [0.5, 0.6) is 5.75 Å². The molecule has 1 saturated heterocycles. The van der Waals surface area contributed by atoms with Gasteiger partial charge in [-0.25, -0.2) is 4.79 Å². The van der Waals surface area contributed by atoms with Crippen LogP contribution in [0.2, 0.25) is 0 Å². The first-order valence-electron chi connectivity index (χ1n) is 12.9. The van der Waals surface area contributed by atoms with Gasteiger partial charge in [0.1, 0.15) is 17.1 Å². The maximum Gasteiger partial charge on any atom is 0.333 e. The molecule has 3 amide bonds. The van der Waals surface area contributed by atoms with Crippen LogP contribution in [0.3, 0.4) is 0 Å².